The Bertz CT molecular complexity index is 1070. The molecule has 0 radical (unpaired) electrons. The number of nitrogens with zero attached hydrogens (tertiary/aromatic N) is 3. The first-order chi connectivity index (χ1) is 14.7. The average molecular weight is 402 g/mol. The summed E-state index contributed by atoms with van der Waals surface area (Å²) < 4.78 is 1.98. The molecule has 2 aliphatic rings. The third-order valence-electron chi connectivity index (χ3n) is 6.27. The number of hydrogen-bond donors (Lipinski definition) is 1. The predicted octanol–water partition coefficient (Wildman–Crippen LogP) is 3.62. The number of imidazole rings is 1. The summed E-state index contributed by atoms with van der Waals surface area (Å²) in [4.78, 5) is 32.7. The quantitative estimate of drug-likeness (QED) is 0.685. The van der Waals surface area contributed by atoms with E-state index in [0.717, 1.165) is 43.1 Å². The molecule has 1 aromatic heterocycles. The molecule has 30 heavy (non-hydrogen) atoms. The van der Waals surface area contributed by atoms with Crippen LogP contribution in [0, 0.1) is 0 Å². The highest BCUT2D eigenvalue weighted by Crippen LogP contribution is 2.40. The minimum absolute atomic E-state index is 0.00774. The van der Waals surface area contributed by atoms with Gasteiger partial charge >= 0.3 is 0 Å². The van der Waals surface area contributed by atoms with E-state index in [9.17, 15) is 9.59 Å². The first kappa shape index (κ1) is 18.9. The van der Waals surface area contributed by atoms with E-state index in [0.29, 0.717) is 12.5 Å². The highest BCUT2D eigenvalue weighted by Gasteiger charge is 2.44. The van der Waals surface area contributed by atoms with Crippen LogP contribution in [0.2, 0.25) is 0 Å². The first-order valence-corrected chi connectivity index (χ1v) is 10.8. The van der Waals surface area contributed by atoms with Crippen LogP contribution in [-0.2, 0) is 16.0 Å². The fourth-order valence-corrected chi connectivity index (χ4v) is 4.80. The predicted molar refractivity (Wildman–Crippen MR) is 116 cm³/mol. The van der Waals surface area contributed by atoms with E-state index < -0.39 is 6.04 Å². The van der Waals surface area contributed by atoms with Gasteiger partial charge in [0.15, 0.2) is 0 Å². The van der Waals surface area contributed by atoms with Crippen molar-refractivity contribution in [1.29, 1.82) is 0 Å². The third-order valence-corrected chi connectivity index (χ3v) is 6.27. The molecule has 3 aromatic rings. The number of amides is 2. The van der Waals surface area contributed by atoms with E-state index in [1.165, 1.54) is 5.56 Å². The van der Waals surface area contributed by atoms with Gasteiger partial charge in [0.05, 0.1) is 17.5 Å². The summed E-state index contributed by atoms with van der Waals surface area (Å²) in [5, 5.41) is 2.99. The smallest absolute Gasteiger partial charge is 0.253 e. The second-order valence-corrected chi connectivity index (χ2v) is 8.22. The fraction of sp³-hybridized carbons (Fsp3) is 0.375. The van der Waals surface area contributed by atoms with Gasteiger partial charge in [0, 0.05) is 12.6 Å². The summed E-state index contributed by atoms with van der Waals surface area (Å²) in [6.45, 7) is 0.563. The van der Waals surface area contributed by atoms with Gasteiger partial charge in [0.2, 0.25) is 11.9 Å². The molecule has 1 aliphatic carbocycles. The molecule has 2 heterocycles. The molecule has 2 aromatic carbocycles. The number of para-hydroxylation sites is 2. The number of hydrogen-bond acceptors (Lipinski definition) is 3. The molecule has 5 rings (SSSR count). The first-order valence-electron chi connectivity index (χ1n) is 10.8. The lowest BCUT2D eigenvalue weighted by atomic mass is 10.1. The van der Waals surface area contributed by atoms with Crippen molar-refractivity contribution in [1.82, 2.24) is 14.9 Å². The van der Waals surface area contributed by atoms with Gasteiger partial charge in [-0.05, 0) is 37.0 Å². The van der Waals surface area contributed by atoms with Crippen molar-refractivity contribution < 1.29 is 9.59 Å². The Hall–Kier alpha value is -3.15. The summed E-state index contributed by atoms with van der Waals surface area (Å²) in [6, 6.07) is 17.6. The molecule has 6 nitrogen and oxygen atoms in total. The SMILES string of the molecule is O=C(C[C@@H]1C(=O)N(C2CCCC2)c2nc3ccccc3n21)NCCc1ccccc1. The summed E-state index contributed by atoms with van der Waals surface area (Å²) in [5.41, 5.74) is 2.98. The summed E-state index contributed by atoms with van der Waals surface area (Å²) >= 11 is 0. The number of benzene rings is 2. The Morgan fingerprint density at radius 1 is 1.03 bits per heavy atom. The minimum Gasteiger partial charge on any atom is -0.356 e. The van der Waals surface area contributed by atoms with Gasteiger partial charge < -0.3 is 5.32 Å². The van der Waals surface area contributed by atoms with Gasteiger partial charge in [0.25, 0.3) is 5.91 Å². The van der Waals surface area contributed by atoms with Crippen molar-refractivity contribution in [3.8, 4) is 0 Å². The zero-order valence-corrected chi connectivity index (χ0v) is 17.0. The molecule has 1 aliphatic heterocycles. The number of carbonyl (C=O) groups excluding carboxylic acids is 2. The Balaban J connectivity index is 1.35. The number of carbonyl (C=O) groups is 2. The van der Waals surface area contributed by atoms with Gasteiger partial charge in [-0.2, -0.15) is 0 Å². The van der Waals surface area contributed by atoms with E-state index in [1.807, 2.05) is 51.9 Å². The lowest BCUT2D eigenvalue weighted by Gasteiger charge is -2.22. The van der Waals surface area contributed by atoms with E-state index in [4.69, 9.17) is 4.98 Å². The molecule has 2 amide bonds. The minimum atomic E-state index is -0.523. The molecule has 0 spiro atoms. The highest BCUT2D eigenvalue weighted by atomic mass is 16.2. The molecule has 0 saturated heterocycles. The second-order valence-electron chi connectivity index (χ2n) is 8.22. The molecule has 1 fully saturated rings. The molecule has 6 heteroatoms. The van der Waals surface area contributed by atoms with Crippen LogP contribution in [0.25, 0.3) is 11.0 Å². The van der Waals surface area contributed by atoms with Crippen molar-refractivity contribution in [2.75, 3.05) is 11.4 Å². The molecular formula is C24H26N4O2. The molecule has 1 N–H and O–H groups in total. The number of rotatable bonds is 6. The van der Waals surface area contributed by atoms with Crippen LogP contribution in [0.5, 0.6) is 0 Å². The lowest BCUT2D eigenvalue weighted by Crippen LogP contribution is -2.39. The maximum Gasteiger partial charge on any atom is 0.253 e. The summed E-state index contributed by atoms with van der Waals surface area (Å²) in [5.74, 6) is 0.616. The van der Waals surface area contributed by atoms with E-state index in [1.54, 1.807) is 0 Å². The summed E-state index contributed by atoms with van der Waals surface area (Å²) in [6.07, 6.45) is 5.21. The lowest BCUT2D eigenvalue weighted by molar-refractivity contribution is -0.127. The van der Waals surface area contributed by atoms with Crippen molar-refractivity contribution in [2.24, 2.45) is 0 Å². The van der Waals surface area contributed by atoms with Crippen molar-refractivity contribution in [3.05, 3.63) is 60.2 Å². The van der Waals surface area contributed by atoms with Gasteiger partial charge in [-0.3, -0.25) is 19.1 Å². The Morgan fingerprint density at radius 2 is 1.77 bits per heavy atom. The van der Waals surface area contributed by atoms with E-state index >= 15 is 0 Å². The molecular weight excluding hydrogens is 376 g/mol. The summed E-state index contributed by atoms with van der Waals surface area (Å²) in [7, 11) is 0. The fourth-order valence-electron chi connectivity index (χ4n) is 4.80. The largest absolute Gasteiger partial charge is 0.356 e. The van der Waals surface area contributed by atoms with Crippen LogP contribution in [-0.4, -0.2) is 34.0 Å². The molecule has 1 saturated carbocycles. The van der Waals surface area contributed by atoms with E-state index in [-0.39, 0.29) is 24.3 Å². The Morgan fingerprint density at radius 3 is 2.57 bits per heavy atom. The standard InChI is InChI=1S/C24H26N4O2/c29-22(25-15-14-17-8-2-1-3-9-17)16-21-23(30)27(18-10-4-5-11-18)24-26-19-12-6-7-13-20(19)28(21)24/h1-3,6-9,12-13,18,21H,4-5,10-11,14-16H2,(H,25,29)/t21-/m1/s1. The van der Waals surface area contributed by atoms with Crippen molar-refractivity contribution in [3.63, 3.8) is 0 Å². The van der Waals surface area contributed by atoms with Gasteiger partial charge in [-0.15, -0.1) is 0 Å². The Labute approximate surface area is 175 Å². The number of anilines is 1. The molecule has 154 valence electrons. The molecule has 0 bridgehead atoms. The van der Waals surface area contributed by atoms with Gasteiger partial charge in [-0.25, -0.2) is 4.98 Å². The van der Waals surface area contributed by atoms with Crippen LogP contribution in [0.4, 0.5) is 5.95 Å². The number of aromatic nitrogens is 2. The number of fused-ring (bicyclic) bond motifs is 3. The average Bonchev–Trinajstić information content (AvgIpc) is 3.46. The van der Waals surface area contributed by atoms with Crippen molar-refractivity contribution >= 4 is 28.8 Å². The van der Waals surface area contributed by atoms with Crippen LogP contribution in [0.15, 0.2) is 54.6 Å². The Kier molecular flexibility index (Phi) is 4.99. The maximum absolute atomic E-state index is 13.4. The number of nitrogens with one attached hydrogen (secondary N) is 1. The molecule has 1 atom stereocenters. The zero-order valence-electron chi connectivity index (χ0n) is 17.0. The van der Waals surface area contributed by atoms with Crippen LogP contribution in [0.1, 0.15) is 43.7 Å². The monoisotopic (exact) mass is 402 g/mol. The topological polar surface area (TPSA) is 67.2 Å². The van der Waals surface area contributed by atoms with Gasteiger partial charge in [-0.1, -0.05) is 55.3 Å². The maximum atomic E-state index is 13.4. The highest BCUT2D eigenvalue weighted by molar-refractivity contribution is 6.04. The van der Waals surface area contributed by atoms with Crippen LogP contribution < -0.4 is 10.2 Å². The second kappa shape index (κ2) is 7.94. The van der Waals surface area contributed by atoms with Crippen molar-refractivity contribution in [2.45, 2.75) is 50.6 Å². The van der Waals surface area contributed by atoms with Crippen LogP contribution in [0.3, 0.4) is 0 Å². The van der Waals surface area contributed by atoms with E-state index in [2.05, 4.69) is 17.4 Å². The third kappa shape index (κ3) is 3.36. The van der Waals surface area contributed by atoms with Gasteiger partial charge in [0.1, 0.15) is 6.04 Å². The van der Waals surface area contributed by atoms with Crippen LogP contribution >= 0.6 is 0 Å². The molecule has 0 unspecified atom stereocenters. The zero-order chi connectivity index (χ0) is 20.5. The normalized spacial score (nSPS) is 18.9.